The van der Waals surface area contributed by atoms with E-state index in [1.54, 1.807) is 4.90 Å². The molecule has 1 saturated carbocycles. The van der Waals surface area contributed by atoms with E-state index < -0.39 is 0 Å². The predicted molar refractivity (Wildman–Crippen MR) is 119 cm³/mol. The molecule has 0 atom stereocenters. The van der Waals surface area contributed by atoms with E-state index in [0.717, 1.165) is 29.3 Å². The molecule has 0 saturated heterocycles. The second-order valence-corrected chi connectivity index (χ2v) is 8.42. The Labute approximate surface area is 177 Å². The van der Waals surface area contributed by atoms with Crippen LogP contribution in [0, 0.1) is 0 Å². The van der Waals surface area contributed by atoms with Crippen molar-refractivity contribution in [1.82, 2.24) is 14.4 Å². The van der Waals surface area contributed by atoms with Gasteiger partial charge in [0.05, 0.1) is 6.54 Å². The summed E-state index contributed by atoms with van der Waals surface area (Å²) in [6.45, 7) is 4.62. The maximum absolute atomic E-state index is 13.5. The standard InChI is InChI=1S/C25H29N3O2/c1-18(2)27(25(30)23-12-6-9-19-8-4-5-11-22(19)23)17-24(29)28(20-13-14-20)16-21-10-7-15-26(21)3/h4-12,15,18,20H,13-14,16-17H2,1-3H3. The van der Waals surface area contributed by atoms with Crippen LogP contribution >= 0.6 is 0 Å². The summed E-state index contributed by atoms with van der Waals surface area (Å²) in [5.41, 5.74) is 1.75. The number of fused-ring (bicyclic) bond motifs is 1. The van der Waals surface area contributed by atoms with Crippen LogP contribution in [-0.4, -0.2) is 44.8 Å². The van der Waals surface area contributed by atoms with Gasteiger partial charge in [0.2, 0.25) is 5.91 Å². The monoisotopic (exact) mass is 403 g/mol. The van der Waals surface area contributed by atoms with Gasteiger partial charge in [-0.2, -0.15) is 0 Å². The third-order valence-electron chi connectivity index (χ3n) is 5.90. The quantitative estimate of drug-likeness (QED) is 0.593. The summed E-state index contributed by atoms with van der Waals surface area (Å²) in [6, 6.07) is 17.9. The van der Waals surface area contributed by atoms with Gasteiger partial charge in [0.1, 0.15) is 6.54 Å². The van der Waals surface area contributed by atoms with E-state index in [-0.39, 0.29) is 30.4 Å². The van der Waals surface area contributed by atoms with Gasteiger partial charge in [-0.25, -0.2) is 0 Å². The number of carbonyl (C=O) groups is 2. The first-order valence-electron chi connectivity index (χ1n) is 10.6. The molecule has 5 heteroatoms. The highest BCUT2D eigenvalue weighted by atomic mass is 16.2. The van der Waals surface area contributed by atoms with Crippen molar-refractivity contribution < 1.29 is 9.59 Å². The number of aromatic nitrogens is 1. The fraction of sp³-hybridized carbons (Fsp3) is 0.360. The molecule has 30 heavy (non-hydrogen) atoms. The molecule has 3 aromatic rings. The maximum Gasteiger partial charge on any atom is 0.255 e. The molecule has 0 spiro atoms. The minimum Gasteiger partial charge on any atom is -0.353 e. The smallest absolute Gasteiger partial charge is 0.255 e. The number of benzene rings is 2. The van der Waals surface area contributed by atoms with Crippen LogP contribution in [0.5, 0.6) is 0 Å². The molecule has 1 heterocycles. The van der Waals surface area contributed by atoms with E-state index in [1.807, 2.05) is 91.2 Å². The third kappa shape index (κ3) is 4.11. The van der Waals surface area contributed by atoms with Gasteiger partial charge in [0.25, 0.3) is 5.91 Å². The van der Waals surface area contributed by atoms with Crippen molar-refractivity contribution in [3.05, 3.63) is 72.1 Å². The molecule has 5 nitrogen and oxygen atoms in total. The van der Waals surface area contributed by atoms with Crippen molar-refractivity contribution in [1.29, 1.82) is 0 Å². The maximum atomic E-state index is 13.5. The van der Waals surface area contributed by atoms with E-state index in [2.05, 4.69) is 0 Å². The molecule has 0 radical (unpaired) electrons. The first-order valence-corrected chi connectivity index (χ1v) is 10.6. The first-order chi connectivity index (χ1) is 14.5. The Morgan fingerprint density at radius 2 is 1.77 bits per heavy atom. The molecule has 0 aliphatic heterocycles. The summed E-state index contributed by atoms with van der Waals surface area (Å²) in [7, 11) is 2.00. The van der Waals surface area contributed by atoms with Crippen molar-refractivity contribution in [2.75, 3.05) is 6.54 Å². The van der Waals surface area contributed by atoms with Crippen LogP contribution in [0.25, 0.3) is 10.8 Å². The Morgan fingerprint density at radius 1 is 1.03 bits per heavy atom. The van der Waals surface area contributed by atoms with Gasteiger partial charge < -0.3 is 14.4 Å². The molecule has 0 N–H and O–H groups in total. The molecule has 1 aliphatic carbocycles. The van der Waals surface area contributed by atoms with E-state index >= 15 is 0 Å². The van der Waals surface area contributed by atoms with Crippen molar-refractivity contribution >= 4 is 22.6 Å². The average Bonchev–Trinajstić information content (AvgIpc) is 3.50. The van der Waals surface area contributed by atoms with Gasteiger partial charge in [0, 0.05) is 36.6 Å². The van der Waals surface area contributed by atoms with E-state index in [0.29, 0.717) is 12.1 Å². The lowest BCUT2D eigenvalue weighted by atomic mass is 10.0. The van der Waals surface area contributed by atoms with Gasteiger partial charge in [-0.1, -0.05) is 36.4 Å². The summed E-state index contributed by atoms with van der Waals surface area (Å²) < 4.78 is 2.05. The summed E-state index contributed by atoms with van der Waals surface area (Å²) in [4.78, 5) is 30.4. The minimum atomic E-state index is -0.0928. The van der Waals surface area contributed by atoms with Gasteiger partial charge in [0.15, 0.2) is 0 Å². The average molecular weight is 404 g/mol. The second kappa shape index (κ2) is 8.34. The summed E-state index contributed by atoms with van der Waals surface area (Å²) in [5.74, 6) is -0.0780. The normalized spacial score (nSPS) is 13.6. The van der Waals surface area contributed by atoms with Gasteiger partial charge in [-0.3, -0.25) is 9.59 Å². The molecule has 156 valence electrons. The zero-order chi connectivity index (χ0) is 21.3. The largest absolute Gasteiger partial charge is 0.353 e. The highest BCUT2D eigenvalue weighted by Gasteiger charge is 2.34. The fourth-order valence-corrected chi connectivity index (χ4v) is 3.93. The van der Waals surface area contributed by atoms with Gasteiger partial charge in [-0.05, 0) is 55.7 Å². The lowest BCUT2D eigenvalue weighted by Crippen LogP contribution is -2.46. The number of carbonyl (C=O) groups excluding carboxylic acids is 2. The molecule has 1 fully saturated rings. The number of hydrogen-bond donors (Lipinski definition) is 0. The molecular formula is C25H29N3O2. The molecule has 1 aromatic heterocycles. The SMILES string of the molecule is CC(C)N(CC(=O)N(Cc1cccn1C)C1CC1)C(=O)c1cccc2ccccc12. The van der Waals surface area contributed by atoms with Crippen LogP contribution in [0.4, 0.5) is 0 Å². The van der Waals surface area contributed by atoms with Crippen LogP contribution in [-0.2, 0) is 18.4 Å². The van der Waals surface area contributed by atoms with Crippen molar-refractivity contribution in [3.63, 3.8) is 0 Å². The number of hydrogen-bond acceptors (Lipinski definition) is 2. The molecule has 0 bridgehead atoms. The Hall–Kier alpha value is -3.08. The van der Waals surface area contributed by atoms with Crippen LogP contribution in [0.3, 0.4) is 0 Å². The lowest BCUT2D eigenvalue weighted by molar-refractivity contribution is -0.133. The molecule has 0 unspecified atom stereocenters. The number of amides is 2. The first kappa shape index (κ1) is 20.2. The zero-order valence-corrected chi connectivity index (χ0v) is 17.9. The number of aryl methyl sites for hydroxylation is 1. The van der Waals surface area contributed by atoms with E-state index in [9.17, 15) is 9.59 Å². The lowest BCUT2D eigenvalue weighted by Gasteiger charge is -2.30. The van der Waals surface area contributed by atoms with Gasteiger partial charge >= 0.3 is 0 Å². The Balaban J connectivity index is 1.57. The Kier molecular flexibility index (Phi) is 5.62. The van der Waals surface area contributed by atoms with E-state index in [1.165, 1.54) is 0 Å². The Morgan fingerprint density at radius 3 is 2.43 bits per heavy atom. The third-order valence-corrected chi connectivity index (χ3v) is 5.90. The molecule has 1 aliphatic rings. The van der Waals surface area contributed by atoms with Gasteiger partial charge in [-0.15, -0.1) is 0 Å². The highest BCUT2D eigenvalue weighted by molar-refractivity contribution is 6.07. The zero-order valence-electron chi connectivity index (χ0n) is 17.9. The van der Waals surface area contributed by atoms with Crippen LogP contribution in [0.2, 0.25) is 0 Å². The molecular weight excluding hydrogens is 374 g/mol. The number of nitrogens with zero attached hydrogens (tertiary/aromatic N) is 3. The van der Waals surface area contributed by atoms with Crippen molar-refractivity contribution in [3.8, 4) is 0 Å². The summed E-state index contributed by atoms with van der Waals surface area (Å²) in [6.07, 6.45) is 4.07. The number of rotatable bonds is 7. The molecule has 4 rings (SSSR count). The second-order valence-electron chi connectivity index (χ2n) is 8.42. The van der Waals surface area contributed by atoms with E-state index in [4.69, 9.17) is 0 Å². The highest BCUT2D eigenvalue weighted by Crippen LogP contribution is 2.29. The minimum absolute atomic E-state index is 0.0148. The van der Waals surface area contributed by atoms with Crippen LogP contribution in [0.1, 0.15) is 42.7 Å². The predicted octanol–water partition coefficient (Wildman–Crippen LogP) is 4.22. The van der Waals surface area contributed by atoms with Crippen LogP contribution in [0.15, 0.2) is 60.8 Å². The van der Waals surface area contributed by atoms with Crippen LogP contribution < -0.4 is 0 Å². The molecule has 2 amide bonds. The Bertz CT molecular complexity index is 1060. The topological polar surface area (TPSA) is 45.6 Å². The molecule has 2 aromatic carbocycles. The van der Waals surface area contributed by atoms with Crippen molar-refractivity contribution in [2.45, 2.75) is 45.3 Å². The fourth-order valence-electron chi connectivity index (χ4n) is 3.93. The summed E-state index contributed by atoms with van der Waals surface area (Å²) >= 11 is 0. The van der Waals surface area contributed by atoms with Crippen molar-refractivity contribution in [2.24, 2.45) is 7.05 Å². The summed E-state index contributed by atoms with van der Waals surface area (Å²) in [5, 5.41) is 1.95.